The fourth-order valence-corrected chi connectivity index (χ4v) is 3.06. The van der Waals surface area contributed by atoms with Gasteiger partial charge in [0, 0.05) is 17.6 Å². The zero-order chi connectivity index (χ0) is 15.6. The minimum atomic E-state index is -4.14. The van der Waals surface area contributed by atoms with Crippen molar-refractivity contribution in [2.75, 3.05) is 0 Å². The normalized spacial score (nSPS) is 11.8. The van der Waals surface area contributed by atoms with Crippen LogP contribution in [-0.2, 0) is 30.2 Å². The van der Waals surface area contributed by atoms with E-state index in [9.17, 15) is 12.8 Å². The van der Waals surface area contributed by atoms with Crippen LogP contribution in [0, 0.1) is 5.82 Å². The fraction of sp³-hybridized carbons (Fsp3) is 0.273. The van der Waals surface area contributed by atoms with E-state index < -0.39 is 27.3 Å². The van der Waals surface area contributed by atoms with E-state index in [1.54, 1.807) is 7.05 Å². The average Bonchev–Trinajstić information content (AvgIpc) is 2.84. The van der Waals surface area contributed by atoms with E-state index >= 15 is 0 Å². The molecule has 0 bridgehead atoms. The van der Waals surface area contributed by atoms with E-state index in [4.69, 9.17) is 16.7 Å². The summed E-state index contributed by atoms with van der Waals surface area (Å²) >= 11 is 5.74. The number of nitrogens with one attached hydrogen (secondary N) is 1. The summed E-state index contributed by atoms with van der Waals surface area (Å²) in [6, 6.07) is 2.15. The van der Waals surface area contributed by atoms with Crippen LogP contribution in [0.15, 0.2) is 23.4 Å². The molecule has 2 N–H and O–H groups in total. The van der Waals surface area contributed by atoms with Crippen LogP contribution in [0.5, 0.6) is 0 Å². The number of rotatable bonds is 5. The Labute approximate surface area is 125 Å². The summed E-state index contributed by atoms with van der Waals surface area (Å²) in [7, 11) is -2.49. The van der Waals surface area contributed by atoms with Crippen LogP contribution < -0.4 is 4.72 Å². The van der Waals surface area contributed by atoms with Crippen LogP contribution in [0.1, 0.15) is 11.4 Å². The molecule has 0 saturated carbocycles. The molecule has 1 heterocycles. The van der Waals surface area contributed by atoms with Gasteiger partial charge in [-0.25, -0.2) is 17.5 Å². The maximum Gasteiger partial charge on any atom is 0.243 e. The number of hydrogen-bond donors (Lipinski definition) is 2. The molecule has 7 nitrogen and oxygen atoms in total. The summed E-state index contributed by atoms with van der Waals surface area (Å²) in [5.74, 6) is -0.671. The van der Waals surface area contributed by atoms with Crippen molar-refractivity contribution in [3.05, 3.63) is 40.7 Å². The van der Waals surface area contributed by atoms with Crippen molar-refractivity contribution < 1.29 is 17.9 Å². The standard InChI is InChI=1S/C11H12ClFN4O3S/c1-17-6-14-16-10(17)4-15-21(19,20)9-3-8(12)2-7(5-18)11(9)13/h2-3,6,15,18H,4-5H2,1H3. The SMILES string of the molecule is Cn1cnnc1CNS(=O)(=O)c1cc(Cl)cc(CO)c1F. The number of aliphatic hydroxyl groups excluding tert-OH is 1. The molecule has 21 heavy (non-hydrogen) atoms. The van der Waals surface area contributed by atoms with Crippen molar-refractivity contribution in [1.82, 2.24) is 19.5 Å². The number of aliphatic hydroxyl groups is 1. The maximum absolute atomic E-state index is 14.0. The lowest BCUT2D eigenvalue weighted by Gasteiger charge is -2.10. The van der Waals surface area contributed by atoms with Gasteiger partial charge in [-0.2, -0.15) is 0 Å². The van der Waals surface area contributed by atoms with Gasteiger partial charge in [-0.15, -0.1) is 10.2 Å². The number of aryl methyl sites for hydroxylation is 1. The topological polar surface area (TPSA) is 97.1 Å². The molecule has 0 atom stereocenters. The lowest BCUT2D eigenvalue weighted by molar-refractivity contribution is 0.274. The van der Waals surface area contributed by atoms with Gasteiger partial charge in [0.25, 0.3) is 0 Å². The van der Waals surface area contributed by atoms with E-state index in [0.29, 0.717) is 5.82 Å². The van der Waals surface area contributed by atoms with Gasteiger partial charge in [-0.05, 0) is 12.1 Å². The molecule has 0 aliphatic carbocycles. The molecule has 10 heteroatoms. The average molecular weight is 335 g/mol. The molecule has 0 spiro atoms. The summed E-state index contributed by atoms with van der Waals surface area (Å²) in [6.07, 6.45) is 1.41. The minimum Gasteiger partial charge on any atom is -0.392 e. The Hall–Kier alpha value is -1.55. The third kappa shape index (κ3) is 3.38. The lowest BCUT2D eigenvalue weighted by atomic mass is 10.2. The lowest BCUT2D eigenvalue weighted by Crippen LogP contribution is -2.26. The number of hydrogen-bond acceptors (Lipinski definition) is 5. The fourth-order valence-electron chi connectivity index (χ4n) is 1.63. The van der Waals surface area contributed by atoms with Crippen LogP contribution in [0.4, 0.5) is 4.39 Å². The van der Waals surface area contributed by atoms with Crippen molar-refractivity contribution in [3.63, 3.8) is 0 Å². The van der Waals surface area contributed by atoms with Crippen LogP contribution in [0.25, 0.3) is 0 Å². The molecule has 0 aliphatic heterocycles. The summed E-state index contributed by atoms with van der Waals surface area (Å²) in [5.41, 5.74) is -0.193. The quantitative estimate of drug-likeness (QED) is 0.833. The minimum absolute atomic E-state index is 0.0134. The molecule has 0 fully saturated rings. The maximum atomic E-state index is 14.0. The summed E-state index contributed by atoms with van der Waals surface area (Å²) < 4.78 is 42.0. The second kappa shape index (κ2) is 6.06. The Balaban J connectivity index is 2.32. The van der Waals surface area contributed by atoms with E-state index in [-0.39, 0.29) is 17.1 Å². The van der Waals surface area contributed by atoms with Gasteiger partial charge in [0.2, 0.25) is 10.0 Å². The monoisotopic (exact) mass is 334 g/mol. The third-order valence-electron chi connectivity index (χ3n) is 2.76. The number of aromatic nitrogens is 3. The van der Waals surface area contributed by atoms with Gasteiger partial charge in [-0.1, -0.05) is 11.6 Å². The van der Waals surface area contributed by atoms with Gasteiger partial charge >= 0.3 is 0 Å². The molecule has 0 aliphatic rings. The Morgan fingerprint density at radius 3 is 2.76 bits per heavy atom. The van der Waals surface area contributed by atoms with Gasteiger partial charge in [0.05, 0.1) is 13.2 Å². The molecule has 0 radical (unpaired) electrons. The number of halogens is 2. The molecule has 0 unspecified atom stereocenters. The second-order valence-electron chi connectivity index (χ2n) is 4.22. The van der Waals surface area contributed by atoms with E-state index in [1.807, 2.05) is 0 Å². The molecular weight excluding hydrogens is 323 g/mol. The number of nitrogens with zero attached hydrogens (tertiary/aromatic N) is 3. The molecule has 0 amide bonds. The van der Waals surface area contributed by atoms with Crippen molar-refractivity contribution in [2.45, 2.75) is 18.0 Å². The van der Waals surface area contributed by atoms with Crippen LogP contribution in [0.3, 0.4) is 0 Å². The van der Waals surface area contributed by atoms with Crippen molar-refractivity contribution in [2.24, 2.45) is 7.05 Å². The van der Waals surface area contributed by atoms with Crippen LogP contribution >= 0.6 is 11.6 Å². The summed E-state index contributed by atoms with van der Waals surface area (Å²) in [6.45, 7) is -0.808. The smallest absolute Gasteiger partial charge is 0.243 e. The van der Waals surface area contributed by atoms with E-state index in [0.717, 1.165) is 6.07 Å². The second-order valence-corrected chi connectivity index (χ2v) is 6.39. The first-order valence-electron chi connectivity index (χ1n) is 5.76. The Morgan fingerprint density at radius 2 is 2.19 bits per heavy atom. The molecule has 2 rings (SSSR count). The molecule has 1 aromatic heterocycles. The van der Waals surface area contributed by atoms with Crippen molar-refractivity contribution in [1.29, 1.82) is 0 Å². The van der Waals surface area contributed by atoms with Gasteiger partial charge in [0.15, 0.2) is 0 Å². The van der Waals surface area contributed by atoms with Crippen LogP contribution in [0.2, 0.25) is 5.02 Å². The van der Waals surface area contributed by atoms with Crippen molar-refractivity contribution in [3.8, 4) is 0 Å². The van der Waals surface area contributed by atoms with E-state index in [2.05, 4.69) is 14.9 Å². The molecule has 1 aromatic carbocycles. The predicted octanol–water partition coefficient (Wildman–Crippen LogP) is 0.578. The Morgan fingerprint density at radius 1 is 1.48 bits per heavy atom. The molecule has 2 aromatic rings. The molecular formula is C11H12ClFN4O3S. The zero-order valence-electron chi connectivity index (χ0n) is 10.9. The van der Waals surface area contributed by atoms with Gasteiger partial charge in [0.1, 0.15) is 22.9 Å². The highest BCUT2D eigenvalue weighted by molar-refractivity contribution is 7.89. The first kappa shape index (κ1) is 15.8. The summed E-state index contributed by atoms with van der Waals surface area (Å²) in [4.78, 5) is -0.624. The largest absolute Gasteiger partial charge is 0.392 e. The van der Waals surface area contributed by atoms with Gasteiger partial charge in [-0.3, -0.25) is 0 Å². The molecule has 0 saturated heterocycles. The first-order chi connectivity index (χ1) is 9.85. The van der Waals surface area contributed by atoms with E-state index in [1.165, 1.54) is 17.0 Å². The van der Waals surface area contributed by atoms with Gasteiger partial charge < -0.3 is 9.67 Å². The summed E-state index contributed by atoms with van der Waals surface area (Å²) in [5, 5.41) is 16.3. The molecule has 114 valence electrons. The Bertz CT molecular complexity index is 763. The number of benzene rings is 1. The first-order valence-corrected chi connectivity index (χ1v) is 7.62. The third-order valence-corrected chi connectivity index (χ3v) is 4.38. The highest BCUT2D eigenvalue weighted by Crippen LogP contribution is 2.23. The highest BCUT2D eigenvalue weighted by Gasteiger charge is 2.22. The van der Waals surface area contributed by atoms with Crippen molar-refractivity contribution >= 4 is 21.6 Å². The zero-order valence-corrected chi connectivity index (χ0v) is 12.5. The Kier molecular flexibility index (Phi) is 4.57. The van der Waals surface area contributed by atoms with Crippen LogP contribution in [-0.4, -0.2) is 28.3 Å². The highest BCUT2D eigenvalue weighted by atomic mass is 35.5. The number of sulfonamides is 1. The predicted molar refractivity (Wildman–Crippen MR) is 72.4 cm³/mol.